The van der Waals surface area contributed by atoms with E-state index in [9.17, 15) is 14.4 Å². The van der Waals surface area contributed by atoms with Crippen LogP contribution in [0.15, 0.2) is 17.5 Å². The van der Waals surface area contributed by atoms with E-state index in [-0.39, 0.29) is 23.6 Å². The van der Waals surface area contributed by atoms with Gasteiger partial charge in [0.15, 0.2) is 0 Å². The Morgan fingerprint density at radius 3 is 2.88 bits per heavy atom. The number of rotatable bonds is 6. The van der Waals surface area contributed by atoms with E-state index >= 15 is 0 Å². The van der Waals surface area contributed by atoms with Gasteiger partial charge in [-0.1, -0.05) is 6.07 Å². The van der Waals surface area contributed by atoms with Crippen molar-refractivity contribution < 1.29 is 14.4 Å². The summed E-state index contributed by atoms with van der Waals surface area (Å²) in [5.74, 6) is 0.142. The van der Waals surface area contributed by atoms with Gasteiger partial charge in [0.05, 0.1) is 10.8 Å². The first-order valence-electron chi connectivity index (χ1n) is 9.03. The molecule has 1 atom stereocenters. The second-order valence-electron chi connectivity index (χ2n) is 6.70. The molecule has 1 aromatic heterocycles. The van der Waals surface area contributed by atoms with Gasteiger partial charge in [-0.3, -0.25) is 14.4 Å². The molecule has 1 aromatic rings. The van der Waals surface area contributed by atoms with Crippen LogP contribution in [0.1, 0.15) is 41.8 Å². The first-order chi connectivity index (χ1) is 12.1. The fourth-order valence-corrected chi connectivity index (χ4v) is 4.19. The average Bonchev–Trinajstić information content (AvgIpc) is 3.30. The zero-order valence-corrected chi connectivity index (χ0v) is 15.2. The molecule has 3 amide bonds. The third kappa shape index (κ3) is 4.60. The van der Waals surface area contributed by atoms with Crippen molar-refractivity contribution in [2.24, 2.45) is 5.92 Å². The summed E-state index contributed by atoms with van der Waals surface area (Å²) in [6.07, 6.45) is 4.06. The molecule has 3 rings (SSSR count). The molecule has 3 heterocycles. The zero-order valence-electron chi connectivity index (χ0n) is 14.4. The molecule has 1 N–H and O–H groups in total. The number of hydrogen-bond donors (Lipinski definition) is 1. The molecule has 2 aliphatic rings. The highest BCUT2D eigenvalue weighted by Gasteiger charge is 2.29. The van der Waals surface area contributed by atoms with E-state index in [1.54, 1.807) is 4.90 Å². The van der Waals surface area contributed by atoms with E-state index < -0.39 is 0 Å². The number of thiophene rings is 1. The molecule has 0 aromatic carbocycles. The lowest BCUT2D eigenvalue weighted by Crippen LogP contribution is -2.45. The van der Waals surface area contributed by atoms with Crippen LogP contribution in [0.25, 0.3) is 0 Å². The van der Waals surface area contributed by atoms with Crippen LogP contribution in [0.5, 0.6) is 0 Å². The van der Waals surface area contributed by atoms with Crippen LogP contribution < -0.4 is 5.32 Å². The van der Waals surface area contributed by atoms with Crippen LogP contribution in [-0.4, -0.2) is 60.2 Å². The van der Waals surface area contributed by atoms with Gasteiger partial charge >= 0.3 is 0 Å². The number of carbonyl (C=O) groups is 3. The van der Waals surface area contributed by atoms with E-state index in [4.69, 9.17) is 0 Å². The summed E-state index contributed by atoms with van der Waals surface area (Å²) in [7, 11) is 0. The van der Waals surface area contributed by atoms with Crippen LogP contribution >= 0.6 is 11.3 Å². The van der Waals surface area contributed by atoms with E-state index in [0.717, 1.165) is 43.6 Å². The molecule has 2 saturated heterocycles. The number of nitrogens with zero attached hydrogens (tertiary/aromatic N) is 2. The van der Waals surface area contributed by atoms with Crippen LogP contribution in [0, 0.1) is 5.92 Å². The van der Waals surface area contributed by atoms with Crippen molar-refractivity contribution in [3.63, 3.8) is 0 Å². The summed E-state index contributed by atoms with van der Waals surface area (Å²) in [5.41, 5.74) is 0. The minimum atomic E-state index is -0.133. The molecule has 1 unspecified atom stereocenters. The van der Waals surface area contributed by atoms with Crippen LogP contribution in [0.3, 0.4) is 0 Å². The summed E-state index contributed by atoms with van der Waals surface area (Å²) in [6, 6.07) is 3.70. The van der Waals surface area contributed by atoms with Gasteiger partial charge in [0, 0.05) is 39.1 Å². The number of amides is 3. The van der Waals surface area contributed by atoms with Crippen molar-refractivity contribution in [1.29, 1.82) is 0 Å². The van der Waals surface area contributed by atoms with Crippen molar-refractivity contribution in [2.75, 3.05) is 32.7 Å². The van der Waals surface area contributed by atoms with Crippen molar-refractivity contribution in [3.05, 3.63) is 22.4 Å². The number of hydrogen-bond acceptors (Lipinski definition) is 4. The molecule has 2 fully saturated rings. The Morgan fingerprint density at radius 2 is 2.16 bits per heavy atom. The molecule has 2 aliphatic heterocycles. The predicted molar refractivity (Wildman–Crippen MR) is 96.4 cm³/mol. The first-order valence-corrected chi connectivity index (χ1v) is 9.91. The molecular formula is C18H25N3O3S. The second kappa shape index (κ2) is 8.47. The molecule has 0 bridgehead atoms. The molecule has 0 radical (unpaired) electrons. The summed E-state index contributed by atoms with van der Waals surface area (Å²) >= 11 is 1.44. The zero-order chi connectivity index (χ0) is 17.6. The number of likely N-dealkylation sites (tertiary alicyclic amines) is 2. The lowest BCUT2D eigenvalue weighted by Gasteiger charge is -2.31. The summed E-state index contributed by atoms with van der Waals surface area (Å²) < 4.78 is 0. The molecule has 6 nitrogen and oxygen atoms in total. The van der Waals surface area contributed by atoms with Crippen molar-refractivity contribution in [2.45, 2.75) is 32.1 Å². The Labute approximate surface area is 152 Å². The van der Waals surface area contributed by atoms with Gasteiger partial charge in [0.25, 0.3) is 5.91 Å². The molecule has 136 valence electrons. The molecule has 0 spiro atoms. The Hall–Kier alpha value is -1.89. The van der Waals surface area contributed by atoms with Crippen molar-refractivity contribution in [3.8, 4) is 0 Å². The smallest absolute Gasteiger partial charge is 0.263 e. The maximum absolute atomic E-state index is 12.4. The highest BCUT2D eigenvalue weighted by molar-refractivity contribution is 7.12. The minimum absolute atomic E-state index is 0.0245. The van der Waals surface area contributed by atoms with Crippen molar-refractivity contribution >= 4 is 29.1 Å². The SMILES string of the molecule is O=C(NCCCN1CCCC1=O)C1CCCN(C(=O)c2cccs2)C1. The Bertz CT molecular complexity index is 617. The van der Waals surface area contributed by atoms with E-state index in [0.29, 0.717) is 26.1 Å². The van der Waals surface area contributed by atoms with Crippen LogP contribution in [-0.2, 0) is 9.59 Å². The minimum Gasteiger partial charge on any atom is -0.356 e. The molecule has 0 aliphatic carbocycles. The van der Waals surface area contributed by atoms with Gasteiger partial charge in [-0.25, -0.2) is 0 Å². The normalized spacial score (nSPS) is 20.8. The average molecular weight is 363 g/mol. The quantitative estimate of drug-likeness (QED) is 0.783. The van der Waals surface area contributed by atoms with E-state index in [1.807, 2.05) is 22.4 Å². The maximum atomic E-state index is 12.4. The largest absolute Gasteiger partial charge is 0.356 e. The van der Waals surface area contributed by atoms with Gasteiger partial charge in [-0.2, -0.15) is 0 Å². The lowest BCUT2D eigenvalue weighted by atomic mass is 9.97. The topological polar surface area (TPSA) is 69.7 Å². The molecule has 25 heavy (non-hydrogen) atoms. The predicted octanol–water partition coefficient (Wildman–Crippen LogP) is 1.73. The van der Waals surface area contributed by atoms with Gasteiger partial charge in [-0.15, -0.1) is 11.3 Å². The van der Waals surface area contributed by atoms with E-state index in [1.165, 1.54) is 11.3 Å². The van der Waals surface area contributed by atoms with Gasteiger partial charge in [0.2, 0.25) is 11.8 Å². The summed E-state index contributed by atoms with van der Waals surface area (Å²) in [6.45, 7) is 3.35. The molecular weight excluding hydrogens is 338 g/mol. The van der Waals surface area contributed by atoms with Crippen LogP contribution in [0.2, 0.25) is 0 Å². The third-order valence-corrected chi connectivity index (χ3v) is 5.74. The van der Waals surface area contributed by atoms with Gasteiger partial charge < -0.3 is 15.1 Å². The fourth-order valence-electron chi connectivity index (χ4n) is 3.50. The Balaban J connectivity index is 1.41. The number of nitrogens with one attached hydrogen (secondary N) is 1. The van der Waals surface area contributed by atoms with Crippen LogP contribution in [0.4, 0.5) is 0 Å². The summed E-state index contributed by atoms with van der Waals surface area (Å²) in [4.78, 5) is 40.8. The summed E-state index contributed by atoms with van der Waals surface area (Å²) in [5, 5.41) is 4.87. The molecule has 7 heteroatoms. The van der Waals surface area contributed by atoms with Crippen molar-refractivity contribution in [1.82, 2.24) is 15.1 Å². The second-order valence-corrected chi connectivity index (χ2v) is 7.64. The van der Waals surface area contributed by atoms with Gasteiger partial charge in [0.1, 0.15) is 0 Å². The Morgan fingerprint density at radius 1 is 1.28 bits per heavy atom. The lowest BCUT2D eigenvalue weighted by molar-refractivity contribution is -0.127. The standard InChI is InChI=1S/C18H25N3O3S/c22-16-7-2-9-20(16)11-4-8-19-17(23)14-5-1-10-21(13-14)18(24)15-6-3-12-25-15/h3,6,12,14H,1-2,4-5,7-11,13H2,(H,19,23). The van der Waals surface area contributed by atoms with E-state index in [2.05, 4.69) is 5.32 Å². The fraction of sp³-hybridized carbons (Fsp3) is 0.611. The van der Waals surface area contributed by atoms with Gasteiger partial charge in [-0.05, 0) is 37.1 Å². The highest BCUT2D eigenvalue weighted by atomic mass is 32.1. The third-order valence-electron chi connectivity index (χ3n) is 4.89. The maximum Gasteiger partial charge on any atom is 0.263 e. The highest BCUT2D eigenvalue weighted by Crippen LogP contribution is 2.20. The number of piperidine rings is 1. The number of carbonyl (C=O) groups excluding carboxylic acids is 3. The molecule has 0 saturated carbocycles. The first kappa shape index (κ1) is 17.9. The Kier molecular flexibility index (Phi) is 6.07. The monoisotopic (exact) mass is 363 g/mol.